The van der Waals surface area contributed by atoms with Gasteiger partial charge in [-0.2, -0.15) is 0 Å². The van der Waals surface area contributed by atoms with Gasteiger partial charge in [-0.25, -0.2) is 0 Å². The highest BCUT2D eigenvalue weighted by Crippen LogP contribution is 2.42. The normalized spacial score (nSPS) is 35.9. The first kappa shape index (κ1) is 10.9. The van der Waals surface area contributed by atoms with Gasteiger partial charge in [0.15, 0.2) is 0 Å². The van der Waals surface area contributed by atoms with Crippen LogP contribution in [0.5, 0.6) is 0 Å². The molecule has 1 amide bonds. The molecule has 3 fully saturated rings. The van der Waals surface area contributed by atoms with Gasteiger partial charge >= 0.3 is 0 Å². The summed E-state index contributed by atoms with van der Waals surface area (Å²) in [4.78, 5) is 13.6. The first-order valence-corrected chi connectivity index (χ1v) is 5.79. The molecule has 86 valence electrons. The number of ether oxygens (including phenoxy) is 1. The third-order valence-electron chi connectivity index (χ3n) is 3.50. The summed E-state index contributed by atoms with van der Waals surface area (Å²) < 4.78 is 5.66. The summed E-state index contributed by atoms with van der Waals surface area (Å²) in [6, 6.07) is -0.368. The van der Waals surface area contributed by atoms with Crippen molar-refractivity contribution in [3.63, 3.8) is 0 Å². The Morgan fingerprint density at radius 1 is 1.53 bits per heavy atom. The summed E-state index contributed by atoms with van der Waals surface area (Å²) in [5.74, 6) is 1.18. The highest BCUT2D eigenvalue weighted by Gasteiger charge is 2.48. The molecular formula is C11H20N2O2. The highest BCUT2D eigenvalue weighted by molar-refractivity contribution is 5.81. The number of carbonyl (C=O) groups excluding carboxylic acids is 1. The lowest BCUT2D eigenvalue weighted by molar-refractivity contribution is -0.161. The summed E-state index contributed by atoms with van der Waals surface area (Å²) in [5, 5.41) is 0. The van der Waals surface area contributed by atoms with Gasteiger partial charge in [0.2, 0.25) is 5.91 Å². The van der Waals surface area contributed by atoms with E-state index in [0.29, 0.717) is 17.9 Å². The lowest BCUT2D eigenvalue weighted by atomic mass is 9.68. The van der Waals surface area contributed by atoms with Crippen molar-refractivity contribution in [1.82, 2.24) is 4.90 Å². The summed E-state index contributed by atoms with van der Waals surface area (Å²) >= 11 is 0. The molecule has 1 aliphatic carbocycles. The zero-order valence-electron chi connectivity index (χ0n) is 9.48. The predicted molar refractivity (Wildman–Crippen MR) is 57.2 cm³/mol. The van der Waals surface area contributed by atoms with Crippen LogP contribution < -0.4 is 5.73 Å². The van der Waals surface area contributed by atoms with E-state index < -0.39 is 0 Å². The maximum Gasteiger partial charge on any atom is 0.239 e. The molecule has 0 aromatic heterocycles. The lowest BCUT2D eigenvalue weighted by Crippen LogP contribution is -2.62. The Labute approximate surface area is 90.8 Å². The Bertz CT molecular complexity index is 243. The van der Waals surface area contributed by atoms with E-state index in [-0.39, 0.29) is 11.9 Å². The SMILES string of the molecule is CCOC1C2CC1CN(C(=O)C(C)N)C2. The first-order chi connectivity index (χ1) is 7.13. The van der Waals surface area contributed by atoms with Crippen molar-refractivity contribution in [3.05, 3.63) is 0 Å². The molecule has 2 bridgehead atoms. The van der Waals surface area contributed by atoms with Crippen molar-refractivity contribution >= 4 is 5.91 Å². The smallest absolute Gasteiger partial charge is 0.239 e. The Morgan fingerprint density at radius 3 is 2.60 bits per heavy atom. The maximum absolute atomic E-state index is 11.7. The van der Waals surface area contributed by atoms with E-state index in [1.165, 1.54) is 6.42 Å². The number of fused-ring (bicyclic) bond motifs is 2. The highest BCUT2D eigenvalue weighted by atomic mass is 16.5. The van der Waals surface area contributed by atoms with Crippen LogP contribution in [0.15, 0.2) is 0 Å². The Hall–Kier alpha value is -0.610. The van der Waals surface area contributed by atoms with Crippen LogP contribution >= 0.6 is 0 Å². The van der Waals surface area contributed by atoms with Crippen LogP contribution in [0.25, 0.3) is 0 Å². The fourth-order valence-corrected chi connectivity index (χ4v) is 2.78. The van der Waals surface area contributed by atoms with Gasteiger partial charge in [0.25, 0.3) is 0 Å². The van der Waals surface area contributed by atoms with Crippen LogP contribution in [-0.4, -0.2) is 42.6 Å². The molecule has 2 N–H and O–H groups in total. The van der Waals surface area contributed by atoms with Crippen LogP contribution in [0.4, 0.5) is 0 Å². The third-order valence-corrected chi connectivity index (χ3v) is 3.50. The van der Waals surface area contributed by atoms with Crippen molar-refractivity contribution in [1.29, 1.82) is 0 Å². The van der Waals surface area contributed by atoms with Crippen LogP contribution in [0, 0.1) is 11.8 Å². The summed E-state index contributed by atoms with van der Waals surface area (Å²) in [7, 11) is 0. The first-order valence-electron chi connectivity index (χ1n) is 5.79. The molecule has 3 aliphatic rings. The molecule has 3 atom stereocenters. The molecular weight excluding hydrogens is 192 g/mol. The topological polar surface area (TPSA) is 55.6 Å². The van der Waals surface area contributed by atoms with E-state index in [2.05, 4.69) is 0 Å². The molecule has 4 nitrogen and oxygen atoms in total. The number of hydrogen-bond donors (Lipinski definition) is 1. The molecule has 2 saturated heterocycles. The van der Waals surface area contributed by atoms with Crippen LogP contribution in [0.2, 0.25) is 0 Å². The molecule has 3 rings (SSSR count). The molecule has 2 aliphatic heterocycles. The van der Waals surface area contributed by atoms with E-state index in [1.54, 1.807) is 6.92 Å². The largest absolute Gasteiger partial charge is 0.378 e. The van der Waals surface area contributed by atoms with Gasteiger partial charge in [0.1, 0.15) is 0 Å². The second kappa shape index (κ2) is 4.10. The van der Waals surface area contributed by atoms with Crippen LogP contribution in [0.3, 0.4) is 0 Å². The van der Waals surface area contributed by atoms with Crippen molar-refractivity contribution in [3.8, 4) is 0 Å². The van der Waals surface area contributed by atoms with Crippen molar-refractivity contribution in [2.75, 3.05) is 19.7 Å². The quantitative estimate of drug-likeness (QED) is 0.728. The van der Waals surface area contributed by atoms with Gasteiger partial charge < -0.3 is 15.4 Å². The maximum atomic E-state index is 11.7. The molecule has 0 aromatic carbocycles. The van der Waals surface area contributed by atoms with Gasteiger partial charge in [0.05, 0.1) is 12.1 Å². The standard InChI is InChI=1S/C11H20N2O2/c1-3-15-10-8-4-9(10)6-13(5-8)11(14)7(2)12/h7-10H,3-6,12H2,1-2H3. The predicted octanol–water partition coefficient (Wildman–Crippen LogP) is 0.217. The molecule has 15 heavy (non-hydrogen) atoms. The zero-order chi connectivity index (χ0) is 11.0. The molecule has 3 unspecified atom stereocenters. The number of amides is 1. The molecule has 0 radical (unpaired) electrons. The second-order valence-corrected chi connectivity index (χ2v) is 4.71. The fraction of sp³-hybridized carbons (Fsp3) is 0.909. The second-order valence-electron chi connectivity index (χ2n) is 4.71. The number of nitrogens with zero attached hydrogens (tertiary/aromatic N) is 1. The minimum absolute atomic E-state index is 0.0830. The average molecular weight is 212 g/mol. The zero-order valence-corrected chi connectivity index (χ0v) is 9.48. The van der Waals surface area contributed by atoms with Crippen LogP contribution in [0.1, 0.15) is 20.3 Å². The third kappa shape index (κ3) is 1.88. The van der Waals surface area contributed by atoms with Gasteiger partial charge in [-0.05, 0) is 20.3 Å². The van der Waals surface area contributed by atoms with Gasteiger partial charge in [-0.15, -0.1) is 0 Å². The number of nitrogens with two attached hydrogens (primary N) is 1. The van der Waals surface area contributed by atoms with Crippen LogP contribution in [-0.2, 0) is 9.53 Å². The summed E-state index contributed by atoms with van der Waals surface area (Å²) in [5.41, 5.74) is 5.60. The lowest BCUT2D eigenvalue weighted by Gasteiger charge is -2.53. The van der Waals surface area contributed by atoms with E-state index in [4.69, 9.17) is 10.5 Å². The van der Waals surface area contributed by atoms with Crippen molar-refractivity contribution < 1.29 is 9.53 Å². The Balaban J connectivity index is 1.89. The molecule has 2 heterocycles. The Kier molecular flexibility index (Phi) is 2.98. The molecule has 0 aromatic rings. The van der Waals surface area contributed by atoms with E-state index in [0.717, 1.165) is 19.7 Å². The van der Waals surface area contributed by atoms with Gasteiger partial charge in [-0.1, -0.05) is 0 Å². The number of rotatable bonds is 3. The minimum Gasteiger partial charge on any atom is -0.378 e. The van der Waals surface area contributed by atoms with Gasteiger partial charge in [-0.3, -0.25) is 4.79 Å². The molecule has 4 heteroatoms. The molecule has 0 spiro atoms. The van der Waals surface area contributed by atoms with E-state index in [1.807, 2.05) is 11.8 Å². The molecule has 1 saturated carbocycles. The van der Waals surface area contributed by atoms with E-state index in [9.17, 15) is 4.79 Å². The van der Waals surface area contributed by atoms with Crippen molar-refractivity contribution in [2.45, 2.75) is 32.4 Å². The summed E-state index contributed by atoms with van der Waals surface area (Å²) in [6.07, 6.45) is 1.61. The van der Waals surface area contributed by atoms with Gasteiger partial charge in [0, 0.05) is 31.5 Å². The number of hydrogen-bond acceptors (Lipinski definition) is 3. The monoisotopic (exact) mass is 212 g/mol. The average Bonchev–Trinajstić information content (AvgIpc) is 2.24. The fourth-order valence-electron chi connectivity index (χ4n) is 2.78. The summed E-state index contributed by atoms with van der Waals surface area (Å²) in [6.45, 7) is 6.23. The van der Waals surface area contributed by atoms with E-state index >= 15 is 0 Å². The number of carbonyl (C=O) groups is 1. The Morgan fingerprint density at radius 2 is 2.13 bits per heavy atom. The number of piperidine rings is 2. The minimum atomic E-state index is -0.368. The van der Waals surface area contributed by atoms with Crippen molar-refractivity contribution in [2.24, 2.45) is 17.6 Å².